The SMILES string of the molecule is C=CCOc1c(I)cc(/C=C2\SC(=O)N(CCCC)C2=O)cc1OCC. The number of ether oxygens (including phenoxy) is 2. The monoisotopic (exact) mass is 487 g/mol. The van der Waals surface area contributed by atoms with E-state index >= 15 is 0 Å². The quantitative estimate of drug-likeness (QED) is 0.276. The molecule has 2 rings (SSSR count). The summed E-state index contributed by atoms with van der Waals surface area (Å²) < 4.78 is 12.2. The molecule has 1 aliphatic heterocycles. The van der Waals surface area contributed by atoms with Crippen LogP contribution >= 0.6 is 34.4 Å². The number of imide groups is 1. The van der Waals surface area contributed by atoms with E-state index in [4.69, 9.17) is 9.47 Å². The van der Waals surface area contributed by atoms with Gasteiger partial charge >= 0.3 is 0 Å². The van der Waals surface area contributed by atoms with Gasteiger partial charge in [0.25, 0.3) is 11.1 Å². The first kappa shape index (κ1) is 20.8. The summed E-state index contributed by atoms with van der Waals surface area (Å²) in [4.78, 5) is 26.3. The van der Waals surface area contributed by atoms with E-state index in [1.54, 1.807) is 12.2 Å². The summed E-state index contributed by atoms with van der Waals surface area (Å²) in [5.41, 5.74) is 0.796. The van der Waals surface area contributed by atoms with Crippen molar-refractivity contribution in [2.24, 2.45) is 0 Å². The standard InChI is InChI=1S/C19H22INO4S/c1-4-7-8-21-18(22)16(26-19(21)23)12-13-10-14(20)17(25-9-5-2)15(11-13)24-6-3/h5,10-12H,2,4,6-9H2,1,3H3/b16-12-. The van der Waals surface area contributed by atoms with Crippen LogP contribution in [0.5, 0.6) is 11.5 Å². The number of hydrogen-bond donors (Lipinski definition) is 0. The van der Waals surface area contributed by atoms with Crippen molar-refractivity contribution in [2.45, 2.75) is 26.7 Å². The number of rotatable bonds is 9. The number of nitrogens with zero attached hydrogens (tertiary/aromatic N) is 1. The second kappa shape index (κ2) is 10.0. The Hall–Kier alpha value is -1.48. The van der Waals surface area contributed by atoms with Crippen LogP contribution in [0.15, 0.2) is 29.7 Å². The predicted molar refractivity (Wildman–Crippen MR) is 114 cm³/mol. The third kappa shape index (κ3) is 5.03. The zero-order valence-electron chi connectivity index (χ0n) is 14.9. The number of unbranched alkanes of at least 4 members (excludes halogenated alkanes) is 1. The van der Waals surface area contributed by atoms with Crippen molar-refractivity contribution in [1.29, 1.82) is 0 Å². The van der Waals surface area contributed by atoms with Gasteiger partial charge in [-0.25, -0.2) is 0 Å². The van der Waals surface area contributed by atoms with Crippen molar-refractivity contribution in [3.8, 4) is 11.5 Å². The Balaban J connectivity index is 2.31. The lowest BCUT2D eigenvalue weighted by atomic mass is 10.2. The van der Waals surface area contributed by atoms with Gasteiger partial charge in [-0.1, -0.05) is 26.0 Å². The van der Waals surface area contributed by atoms with Crippen LogP contribution < -0.4 is 9.47 Å². The molecule has 0 aromatic heterocycles. The minimum atomic E-state index is -0.228. The molecule has 0 atom stereocenters. The van der Waals surface area contributed by atoms with E-state index < -0.39 is 0 Å². The Kier molecular flexibility index (Phi) is 8.02. The molecular weight excluding hydrogens is 465 g/mol. The third-order valence-electron chi connectivity index (χ3n) is 3.58. The highest BCUT2D eigenvalue weighted by atomic mass is 127. The van der Waals surface area contributed by atoms with E-state index in [1.165, 1.54) is 4.90 Å². The number of carbonyl (C=O) groups excluding carboxylic acids is 2. The van der Waals surface area contributed by atoms with Gasteiger partial charge in [-0.2, -0.15) is 0 Å². The Morgan fingerprint density at radius 1 is 1.27 bits per heavy atom. The van der Waals surface area contributed by atoms with Gasteiger partial charge in [0.1, 0.15) is 6.61 Å². The van der Waals surface area contributed by atoms with Crippen LogP contribution in [-0.4, -0.2) is 35.8 Å². The predicted octanol–water partition coefficient (Wildman–Crippen LogP) is 5.09. The number of thioether (sulfide) groups is 1. The Labute approximate surface area is 171 Å². The fourth-order valence-electron chi connectivity index (χ4n) is 2.38. The van der Waals surface area contributed by atoms with Gasteiger partial charge in [-0.3, -0.25) is 14.5 Å². The highest BCUT2D eigenvalue weighted by Gasteiger charge is 2.34. The lowest BCUT2D eigenvalue weighted by Crippen LogP contribution is -2.29. The third-order valence-corrected chi connectivity index (χ3v) is 5.29. The van der Waals surface area contributed by atoms with Gasteiger partial charge in [0, 0.05) is 6.54 Å². The summed E-state index contributed by atoms with van der Waals surface area (Å²) in [5.74, 6) is 1.03. The van der Waals surface area contributed by atoms with Crippen LogP contribution in [0.2, 0.25) is 0 Å². The highest BCUT2D eigenvalue weighted by molar-refractivity contribution is 14.1. The molecule has 2 amide bonds. The number of carbonyl (C=O) groups is 2. The molecular formula is C19H22INO4S. The molecule has 140 valence electrons. The molecule has 1 fully saturated rings. The molecule has 5 nitrogen and oxygen atoms in total. The van der Waals surface area contributed by atoms with Crippen LogP contribution in [-0.2, 0) is 4.79 Å². The molecule has 0 N–H and O–H groups in total. The Morgan fingerprint density at radius 3 is 2.69 bits per heavy atom. The van der Waals surface area contributed by atoms with E-state index in [-0.39, 0.29) is 11.1 Å². The zero-order chi connectivity index (χ0) is 19.1. The van der Waals surface area contributed by atoms with Crippen LogP contribution in [0, 0.1) is 3.57 Å². The van der Waals surface area contributed by atoms with Gasteiger partial charge in [0.2, 0.25) is 0 Å². The smallest absolute Gasteiger partial charge is 0.293 e. The van der Waals surface area contributed by atoms with Crippen molar-refractivity contribution in [2.75, 3.05) is 19.8 Å². The first-order chi connectivity index (χ1) is 12.5. The molecule has 0 radical (unpaired) electrons. The van der Waals surface area contributed by atoms with E-state index in [9.17, 15) is 9.59 Å². The van der Waals surface area contributed by atoms with Crippen LogP contribution in [0.4, 0.5) is 4.79 Å². The van der Waals surface area contributed by atoms with Gasteiger partial charge < -0.3 is 9.47 Å². The first-order valence-electron chi connectivity index (χ1n) is 8.47. The second-order valence-electron chi connectivity index (χ2n) is 5.55. The van der Waals surface area contributed by atoms with Crippen molar-refractivity contribution in [1.82, 2.24) is 4.90 Å². The van der Waals surface area contributed by atoms with Crippen LogP contribution in [0.25, 0.3) is 6.08 Å². The van der Waals surface area contributed by atoms with Crippen molar-refractivity contribution < 1.29 is 19.1 Å². The summed E-state index contributed by atoms with van der Waals surface area (Å²) in [5, 5.41) is -0.208. The second-order valence-corrected chi connectivity index (χ2v) is 7.70. The van der Waals surface area contributed by atoms with Gasteiger partial charge in [0.05, 0.1) is 15.1 Å². The minimum absolute atomic E-state index is 0.208. The normalized spacial score (nSPS) is 15.7. The molecule has 0 aliphatic carbocycles. The molecule has 1 aliphatic rings. The molecule has 0 spiro atoms. The summed E-state index contributed by atoms with van der Waals surface area (Å²) in [6, 6.07) is 3.73. The maximum atomic E-state index is 12.5. The van der Waals surface area contributed by atoms with Gasteiger partial charge in [0.15, 0.2) is 11.5 Å². The maximum absolute atomic E-state index is 12.5. The maximum Gasteiger partial charge on any atom is 0.293 e. The van der Waals surface area contributed by atoms with Crippen LogP contribution in [0.3, 0.4) is 0 Å². The van der Waals surface area contributed by atoms with E-state index in [0.717, 1.165) is 33.7 Å². The summed E-state index contributed by atoms with van der Waals surface area (Å²) in [7, 11) is 0. The van der Waals surface area contributed by atoms with E-state index in [0.29, 0.717) is 36.2 Å². The summed E-state index contributed by atoms with van der Waals surface area (Å²) >= 11 is 3.15. The average Bonchev–Trinajstić information content (AvgIpc) is 2.86. The number of amides is 2. The lowest BCUT2D eigenvalue weighted by Gasteiger charge is -2.14. The van der Waals surface area contributed by atoms with Gasteiger partial charge in [-0.05, 0) is 71.5 Å². The molecule has 26 heavy (non-hydrogen) atoms. The first-order valence-corrected chi connectivity index (χ1v) is 10.4. The van der Waals surface area contributed by atoms with E-state index in [1.807, 2.05) is 26.0 Å². The minimum Gasteiger partial charge on any atom is -0.490 e. The topological polar surface area (TPSA) is 55.8 Å². The van der Waals surface area contributed by atoms with Crippen molar-refractivity contribution >= 4 is 51.6 Å². The molecule has 0 saturated carbocycles. The average molecular weight is 487 g/mol. The lowest BCUT2D eigenvalue weighted by molar-refractivity contribution is -0.122. The number of halogens is 1. The van der Waals surface area contributed by atoms with Crippen molar-refractivity contribution in [3.63, 3.8) is 0 Å². The zero-order valence-corrected chi connectivity index (χ0v) is 17.9. The van der Waals surface area contributed by atoms with Crippen molar-refractivity contribution in [3.05, 3.63) is 38.8 Å². The highest BCUT2D eigenvalue weighted by Crippen LogP contribution is 2.37. The summed E-state index contributed by atoms with van der Waals surface area (Å²) in [6.45, 7) is 8.93. The molecule has 1 saturated heterocycles. The fourth-order valence-corrected chi connectivity index (χ4v) is 4.02. The molecule has 1 aromatic carbocycles. The molecule has 7 heteroatoms. The number of benzene rings is 1. The molecule has 0 unspecified atom stereocenters. The Bertz CT molecular complexity index is 732. The Morgan fingerprint density at radius 2 is 2.04 bits per heavy atom. The summed E-state index contributed by atoms with van der Waals surface area (Å²) in [6.07, 6.45) is 5.15. The van der Waals surface area contributed by atoms with Gasteiger partial charge in [-0.15, -0.1) is 0 Å². The fraction of sp³-hybridized carbons (Fsp3) is 0.368. The molecule has 0 bridgehead atoms. The largest absolute Gasteiger partial charge is 0.490 e. The van der Waals surface area contributed by atoms with Crippen LogP contribution in [0.1, 0.15) is 32.3 Å². The molecule has 1 aromatic rings. The number of hydrogen-bond acceptors (Lipinski definition) is 5. The molecule has 1 heterocycles. The van der Waals surface area contributed by atoms with E-state index in [2.05, 4.69) is 29.2 Å².